The summed E-state index contributed by atoms with van der Waals surface area (Å²) in [7, 11) is 0. The predicted octanol–water partition coefficient (Wildman–Crippen LogP) is 3.23. The van der Waals surface area contributed by atoms with Gasteiger partial charge in [-0.2, -0.15) is 29.3 Å². The lowest BCUT2D eigenvalue weighted by Gasteiger charge is -2.41. The molecule has 0 aliphatic heterocycles. The topological polar surface area (TPSA) is 51.6 Å². The number of aromatic nitrogens is 4. The molecular formula is C15H20N4S3. The number of hydrogen-bond acceptors (Lipinski definition) is 7. The van der Waals surface area contributed by atoms with Crippen molar-refractivity contribution < 1.29 is 0 Å². The van der Waals surface area contributed by atoms with Crippen molar-refractivity contribution in [2.24, 2.45) is 17.8 Å². The first-order valence-electron chi connectivity index (χ1n) is 7.72. The van der Waals surface area contributed by atoms with Crippen molar-refractivity contribution in [3.8, 4) is 0 Å². The van der Waals surface area contributed by atoms with Crippen LogP contribution in [0.3, 0.4) is 0 Å². The highest BCUT2D eigenvalue weighted by Gasteiger charge is 2.48. The first-order valence-corrected chi connectivity index (χ1v) is 10.6. The van der Waals surface area contributed by atoms with Gasteiger partial charge in [-0.3, -0.25) is 0 Å². The van der Waals surface area contributed by atoms with E-state index in [-0.39, 0.29) is 5.41 Å². The average Bonchev–Trinajstić information content (AvgIpc) is 3.12. The predicted molar refractivity (Wildman–Crippen MR) is 92.8 cm³/mol. The Bertz CT molecular complexity index is 678. The number of hydrogen-bond donors (Lipinski definition) is 0. The van der Waals surface area contributed by atoms with E-state index in [9.17, 15) is 0 Å². The Hall–Kier alpha value is -0.530. The molecule has 0 N–H and O–H groups in total. The van der Waals surface area contributed by atoms with E-state index in [2.05, 4.69) is 37.6 Å². The normalized spacial score (nSPS) is 29.3. The van der Waals surface area contributed by atoms with E-state index < -0.39 is 0 Å². The van der Waals surface area contributed by atoms with E-state index in [0.29, 0.717) is 17.8 Å². The largest absolute Gasteiger partial charge is 0.178 e. The van der Waals surface area contributed by atoms with Crippen LogP contribution in [0.5, 0.6) is 0 Å². The van der Waals surface area contributed by atoms with Gasteiger partial charge in [0.05, 0.1) is 46.2 Å². The quantitative estimate of drug-likeness (QED) is 0.830. The average molecular weight is 353 g/mol. The van der Waals surface area contributed by atoms with E-state index in [1.807, 2.05) is 11.8 Å². The summed E-state index contributed by atoms with van der Waals surface area (Å²) in [4.78, 5) is 0. The van der Waals surface area contributed by atoms with Gasteiger partial charge in [-0.25, -0.2) is 0 Å². The van der Waals surface area contributed by atoms with E-state index in [1.165, 1.54) is 52.0 Å². The molecule has 0 spiro atoms. The van der Waals surface area contributed by atoms with Gasteiger partial charge in [0.25, 0.3) is 0 Å². The fraction of sp³-hybridized carbons (Fsp3) is 0.733. The van der Waals surface area contributed by atoms with Crippen LogP contribution in [0, 0.1) is 17.8 Å². The minimum Gasteiger partial charge on any atom is -0.178 e. The molecule has 0 saturated carbocycles. The fourth-order valence-corrected chi connectivity index (χ4v) is 6.46. The third-order valence-corrected chi connectivity index (χ3v) is 7.46. The van der Waals surface area contributed by atoms with Crippen LogP contribution in [-0.4, -0.2) is 29.5 Å². The van der Waals surface area contributed by atoms with Crippen molar-refractivity contribution in [3.05, 3.63) is 22.8 Å². The third-order valence-electron chi connectivity index (χ3n) is 5.53. The minimum absolute atomic E-state index is 0.0709. The highest BCUT2D eigenvalue weighted by molar-refractivity contribution is 7.98. The number of fused-ring (bicyclic) bond motifs is 3. The Morgan fingerprint density at radius 2 is 1.68 bits per heavy atom. The lowest BCUT2D eigenvalue weighted by molar-refractivity contribution is 0.153. The summed E-state index contributed by atoms with van der Waals surface area (Å²) in [5.74, 6) is 3.12. The number of rotatable bonds is 2. The number of nitrogens with zero attached hydrogens (tertiary/aromatic N) is 4. The van der Waals surface area contributed by atoms with Gasteiger partial charge in [-0.15, -0.1) is 0 Å². The van der Waals surface area contributed by atoms with Gasteiger partial charge in [0.1, 0.15) is 0 Å². The van der Waals surface area contributed by atoms with Gasteiger partial charge in [-0.05, 0) is 49.0 Å². The zero-order valence-electron chi connectivity index (χ0n) is 13.1. The lowest BCUT2D eigenvalue weighted by atomic mass is 9.63. The van der Waals surface area contributed by atoms with Crippen molar-refractivity contribution in [1.29, 1.82) is 0 Å². The van der Waals surface area contributed by atoms with Crippen molar-refractivity contribution in [2.45, 2.75) is 38.5 Å². The van der Waals surface area contributed by atoms with Gasteiger partial charge in [0.15, 0.2) is 0 Å². The highest BCUT2D eigenvalue weighted by atomic mass is 32.2. The smallest absolute Gasteiger partial charge is 0.0834 e. The molecule has 4 nitrogen and oxygen atoms in total. The van der Waals surface area contributed by atoms with Crippen LogP contribution in [0.2, 0.25) is 0 Å². The van der Waals surface area contributed by atoms with Gasteiger partial charge in [0, 0.05) is 5.41 Å². The highest BCUT2D eigenvalue weighted by Crippen LogP contribution is 2.49. The van der Waals surface area contributed by atoms with E-state index >= 15 is 0 Å². The van der Waals surface area contributed by atoms with E-state index in [1.54, 1.807) is 0 Å². The van der Waals surface area contributed by atoms with Gasteiger partial charge in [0.2, 0.25) is 0 Å². The van der Waals surface area contributed by atoms with E-state index in [4.69, 9.17) is 0 Å². The standard InChI is InChI=1S/C15H20N4S3/c1-15(2)10-6-12-11(16-21-17-12)5-9(10)8(7-20-3)4-13-14(15)19-22-18-13/h8-10H,4-7H2,1-3H3/t8?,9-,10-/m1/s1. The molecule has 22 heavy (non-hydrogen) atoms. The fourth-order valence-electron chi connectivity index (χ4n) is 4.35. The lowest BCUT2D eigenvalue weighted by Crippen LogP contribution is -2.42. The molecule has 2 heterocycles. The summed E-state index contributed by atoms with van der Waals surface area (Å²) in [6, 6.07) is 0. The van der Waals surface area contributed by atoms with Crippen LogP contribution in [0.1, 0.15) is 36.6 Å². The zero-order valence-corrected chi connectivity index (χ0v) is 15.5. The van der Waals surface area contributed by atoms with Crippen LogP contribution >= 0.6 is 35.2 Å². The van der Waals surface area contributed by atoms with Crippen molar-refractivity contribution in [3.63, 3.8) is 0 Å². The molecule has 2 aliphatic carbocycles. The zero-order chi connectivity index (χ0) is 15.3. The molecule has 0 bridgehead atoms. The summed E-state index contributed by atoms with van der Waals surface area (Å²) in [5.41, 5.74) is 5.03. The number of thioether (sulfide) groups is 1. The molecule has 7 heteroatoms. The molecule has 2 aromatic heterocycles. The Kier molecular flexibility index (Phi) is 3.77. The second-order valence-electron chi connectivity index (χ2n) is 7.04. The summed E-state index contributed by atoms with van der Waals surface area (Å²) < 4.78 is 18.4. The maximum Gasteiger partial charge on any atom is 0.0834 e. The maximum absolute atomic E-state index is 4.69. The Balaban J connectivity index is 1.81. The monoisotopic (exact) mass is 352 g/mol. The third kappa shape index (κ3) is 2.24. The molecule has 3 atom stereocenters. The molecule has 1 unspecified atom stereocenters. The molecule has 4 rings (SSSR count). The van der Waals surface area contributed by atoms with Crippen LogP contribution in [-0.2, 0) is 24.7 Å². The Morgan fingerprint density at radius 1 is 1.00 bits per heavy atom. The van der Waals surface area contributed by atoms with Crippen LogP contribution in [0.25, 0.3) is 0 Å². The maximum atomic E-state index is 4.69. The molecule has 2 aliphatic rings. The molecule has 0 amide bonds. The second kappa shape index (κ2) is 5.53. The van der Waals surface area contributed by atoms with Crippen LogP contribution < -0.4 is 0 Å². The summed E-state index contributed by atoms with van der Waals surface area (Å²) in [6.45, 7) is 4.72. The van der Waals surface area contributed by atoms with Crippen molar-refractivity contribution >= 4 is 35.2 Å². The molecule has 118 valence electrons. The molecule has 0 saturated heterocycles. The second-order valence-corrected chi connectivity index (χ2v) is 9.00. The van der Waals surface area contributed by atoms with Crippen LogP contribution in [0.4, 0.5) is 0 Å². The molecular weight excluding hydrogens is 332 g/mol. The van der Waals surface area contributed by atoms with Crippen molar-refractivity contribution in [2.75, 3.05) is 12.0 Å². The van der Waals surface area contributed by atoms with Gasteiger partial charge < -0.3 is 0 Å². The summed E-state index contributed by atoms with van der Waals surface area (Å²) in [5, 5.41) is 0. The van der Waals surface area contributed by atoms with Crippen molar-refractivity contribution in [1.82, 2.24) is 17.5 Å². The minimum atomic E-state index is 0.0709. The molecule has 0 radical (unpaired) electrons. The SMILES string of the molecule is CSCC1Cc2nsnc2C(C)(C)[C@@H]2Cc3nsnc3C[C@H]12. The molecule has 2 aromatic rings. The molecule has 0 aromatic carbocycles. The Labute approximate surface area is 143 Å². The van der Waals surface area contributed by atoms with E-state index in [0.717, 1.165) is 19.3 Å². The summed E-state index contributed by atoms with van der Waals surface area (Å²) >= 11 is 4.71. The Morgan fingerprint density at radius 3 is 2.45 bits per heavy atom. The van der Waals surface area contributed by atoms with Crippen LogP contribution in [0.15, 0.2) is 0 Å². The summed E-state index contributed by atoms with van der Waals surface area (Å²) in [6.07, 6.45) is 5.41. The first-order chi connectivity index (χ1) is 10.6. The van der Waals surface area contributed by atoms with Gasteiger partial charge >= 0.3 is 0 Å². The van der Waals surface area contributed by atoms with Gasteiger partial charge in [-0.1, -0.05) is 13.8 Å². The first kappa shape index (κ1) is 15.0. The molecule has 0 fully saturated rings.